The average Bonchev–Trinajstić information content (AvgIpc) is 2.72. The standard InChI is InChI=1S/C12H16N2O4S/c1-7-5-13(6-8(2)18-7)12-10(14(16)17)4-11(19-12)9(3)15/h4,7-8H,5-6H2,1-3H3/t7-,8+. The van der Waals surface area contributed by atoms with Gasteiger partial charge in [0.25, 0.3) is 0 Å². The lowest BCUT2D eigenvalue weighted by molar-refractivity contribution is -0.383. The van der Waals surface area contributed by atoms with E-state index in [-0.39, 0.29) is 23.7 Å². The molecule has 104 valence electrons. The highest BCUT2D eigenvalue weighted by atomic mass is 32.1. The zero-order valence-electron chi connectivity index (χ0n) is 11.1. The van der Waals surface area contributed by atoms with Gasteiger partial charge in [0.15, 0.2) is 10.8 Å². The smallest absolute Gasteiger partial charge is 0.304 e. The second kappa shape index (κ2) is 5.26. The van der Waals surface area contributed by atoms with E-state index in [0.29, 0.717) is 23.0 Å². The molecule has 6 nitrogen and oxygen atoms in total. The maximum absolute atomic E-state index is 11.4. The van der Waals surface area contributed by atoms with Crippen LogP contribution >= 0.6 is 11.3 Å². The number of nitrogens with zero attached hydrogens (tertiary/aromatic N) is 2. The molecule has 19 heavy (non-hydrogen) atoms. The molecule has 0 aromatic carbocycles. The molecule has 0 spiro atoms. The van der Waals surface area contributed by atoms with Crippen LogP contribution in [0.1, 0.15) is 30.4 Å². The van der Waals surface area contributed by atoms with E-state index in [1.165, 1.54) is 24.3 Å². The molecule has 1 aliphatic heterocycles. The molecular formula is C12H16N2O4S. The monoisotopic (exact) mass is 284 g/mol. The molecule has 2 atom stereocenters. The minimum Gasteiger partial charge on any atom is -0.372 e. The van der Waals surface area contributed by atoms with Crippen molar-refractivity contribution in [2.45, 2.75) is 33.0 Å². The summed E-state index contributed by atoms with van der Waals surface area (Å²) in [6, 6.07) is 1.37. The number of thiophene rings is 1. The lowest BCUT2D eigenvalue weighted by Crippen LogP contribution is -2.45. The summed E-state index contributed by atoms with van der Waals surface area (Å²) in [5, 5.41) is 11.7. The molecule has 1 fully saturated rings. The van der Waals surface area contributed by atoms with Crippen molar-refractivity contribution in [1.29, 1.82) is 0 Å². The summed E-state index contributed by atoms with van der Waals surface area (Å²) in [6.45, 7) is 6.50. The summed E-state index contributed by atoms with van der Waals surface area (Å²) in [6.07, 6.45) is 0.0393. The molecule has 0 N–H and O–H groups in total. The van der Waals surface area contributed by atoms with Gasteiger partial charge in [0.1, 0.15) is 0 Å². The van der Waals surface area contributed by atoms with Crippen LogP contribution in [0.15, 0.2) is 6.07 Å². The number of ketones is 1. The van der Waals surface area contributed by atoms with Crippen molar-refractivity contribution in [1.82, 2.24) is 0 Å². The molecule has 0 amide bonds. The molecule has 2 heterocycles. The zero-order chi connectivity index (χ0) is 14.2. The Labute approximate surface area is 115 Å². The van der Waals surface area contributed by atoms with E-state index in [4.69, 9.17) is 4.74 Å². The van der Waals surface area contributed by atoms with Crippen LogP contribution < -0.4 is 4.90 Å². The van der Waals surface area contributed by atoms with Gasteiger partial charge in [-0.2, -0.15) is 0 Å². The first kappa shape index (κ1) is 14.0. The highest BCUT2D eigenvalue weighted by Crippen LogP contribution is 2.39. The fourth-order valence-electron chi connectivity index (χ4n) is 2.25. The molecule has 1 aromatic rings. The first-order valence-electron chi connectivity index (χ1n) is 6.08. The van der Waals surface area contributed by atoms with Crippen molar-refractivity contribution in [2.24, 2.45) is 0 Å². The highest BCUT2D eigenvalue weighted by Gasteiger charge is 2.30. The maximum Gasteiger partial charge on any atom is 0.304 e. The molecule has 0 radical (unpaired) electrons. The highest BCUT2D eigenvalue weighted by molar-refractivity contribution is 7.18. The number of hydrogen-bond donors (Lipinski definition) is 0. The number of nitro groups is 1. The minimum absolute atomic E-state index is 0.0106. The Balaban J connectivity index is 2.37. The summed E-state index contributed by atoms with van der Waals surface area (Å²) in [5.41, 5.74) is 0.0106. The number of ether oxygens (including phenoxy) is 1. The third-order valence-corrected chi connectivity index (χ3v) is 4.23. The molecule has 1 aliphatic rings. The van der Waals surface area contributed by atoms with Crippen molar-refractivity contribution < 1.29 is 14.5 Å². The van der Waals surface area contributed by atoms with Crippen LogP contribution in [-0.4, -0.2) is 36.0 Å². The Hall–Kier alpha value is -1.47. The number of anilines is 1. The first-order valence-corrected chi connectivity index (χ1v) is 6.89. The molecule has 0 aliphatic carbocycles. The van der Waals surface area contributed by atoms with E-state index in [9.17, 15) is 14.9 Å². The number of morpholine rings is 1. The van der Waals surface area contributed by atoms with E-state index in [1.807, 2.05) is 18.7 Å². The van der Waals surface area contributed by atoms with Gasteiger partial charge in [0, 0.05) is 19.2 Å². The Bertz CT molecular complexity index is 504. The van der Waals surface area contributed by atoms with E-state index in [1.54, 1.807) is 0 Å². The van der Waals surface area contributed by atoms with Crippen LogP contribution in [-0.2, 0) is 4.74 Å². The number of carbonyl (C=O) groups excluding carboxylic acids is 1. The van der Waals surface area contributed by atoms with Crippen molar-refractivity contribution in [3.8, 4) is 0 Å². The van der Waals surface area contributed by atoms with Crippen molar-refractivity contribution in [2.75, 3.05) is 18.0 Å². The lowest BCUT2D eigenvalue weighted by Gasteiger charge is -2.35. The van der Waals surface area contributed by atoms with Gasteiger partial charge in [-0.25, -0.2) is 0 Å². The maximum atomic E-state index is 11.4. The molecular weight excluding hydrogens is 268 g/mol. The Kier molecular flexibility index (Phi) is 3.86. The Morgan fingerprint density at radius 2 is 2.05 bits per heavy atom. The zero-order valence-corrected chi connectivity index (χ0v) is 11.9. The van der Waals surface area contributed by atoms with Crippen LogP contribution in [0.5, 0.6) is 0 Å². The summed E-state index contributed by atoms with van der Waals surface area (Å²) in [5.74, 6) is -0.145. The first-order chi connectivity index (χ1) is 8.88. The van der Waals surface area contributed by atoms with E-state index in [2.05, 4.69) is 0 Å². The van der Waals surface area contributed by atoms with Crippen molar-refractivity contribution in [3.05, 3.63) is 21.1 Å². The van der Waals surface area contributed by atoms with Crippen LogP contribution in [0.25, 0.3) is 0 Å². The number of carbonyl (C=O) groups is 1. The van der Waals surface area contributed by atoms with Crippen molar-refractivity contribution in [3.63, 3.8) is 0 Å². The fraction of sp³-hybridized carbons (Fsp3) is 0.583. The predicted octanol–water partition coefficient (Wildman–Crippen LogP) is 2.47. The summed E-state index contributed by atoms with van der Waals surface area (Å²) < 4.78 is 5.62. The summed E-state index contributed by atoms with van der Waals surface area (Å²) in [7, 11) is 0. The third-order valence-electron chi connectivity index (χ3n) is 2.94. The normalized spacial score (nSPS) is 23.4. The van der Waals surface area contributed by atoms with Crippen LogP contribution in [0, 0.1) is 10.1 Å². The van der Waals surface area contributed by atoms with E-state index < -0.39 is 4.92 Å². The topological polar surface area (TPSA) is 72.7 Å². The van der Waals surface area contributed by atoms with Gasteiger partial charge in [0.2, 0.25) is 0 Å². The van der Waals surface area contributed by atoms with Crippen LogP contribution in [0.2, 0.25) is 0 Å². The predicted molar refractivity (Wildman–Crippen MR) is 73.2 cm³/mol. The lowest BCUT2D eigenvalue weighted by atomic mass is 10.2. The molecule has 7 heteroatoms. The van der Waals surface area contributed by atoms with E-state index >= 15 is 0 Å². The number of Topliss-reactive ketones (excluding diaryl/α,β-unsaturated/α-hetero) is 1. The van der Waals surface area contributed by atoms with Gasteiger partial charge in [-0.05, 0) is 20.8 Å². The van der Waals surface area contributed by atoms with Crippen LogP contribution in [0.3, 0.4) is 0 Å². The quantitative estimate of drug-likeness (QED) is 0.484. The second-order valence-corrected chi connectivity index (χ2v) is 5.81. The second-order valence-electron chi connectivity index (χ2n) is 4.78. The molecule has 0 saturated carbocycles. The summed E-state index contributed by atoms with van der Waals surface area (Å²) >= 11 is 1.19. The Morgan fingerprint density at radius 3 is 2.53 bits per heavy atom. The average molecular weight is 284 g/mol. The van der Waals surface area contributed by atoms with E-state index in [0.717, 1.165) is 0 Å². The van der Waals surface area contributed by atoms with Crippen LogP contribution in [0.4, 0.5) is 10.7 Å². The fourth-order valence-corrected chi connectivity index (χ4v) is 3.29. The summed E-state index contributed by atoms with van der Waals surface area (Å²) in [4.78, 5) is 24.4. The number of hydrogen-bond acceptors (Lipinski definition) is 6. The molecule has 0 bridgehead atoms. The van der Waals surface area contributed by atoms with Gasteiger partial charge in [0.05, 0.1) is 22.0 Å². The van der Waals surface area contributed by atoms with Crippen molar-refractivity contribution >= 4 is 27.8 Å². The minimum atomic E-state index is -0.428. The van der Waals surface area contributed by atoms with Gasteiger partial charge in [-0.3, -0.25) is 14.9 Å². The number of rotatable bonds is 3. The molecule has 0 unspecified atom stereocenters. The van der Waals surface area contributed by atoms with Gasteiger partial charge in [-0.15, -0.1) is 11.3 Å². The molecule has 1 aromatic heterocycles. The largest absolute Gasteiger partial charge is 0.372 e. The third kappa shape index (κ3) is 2.93. The Morgan fingerprint density at radius 1 is 1.47 bits per heavy atom. The van der Waals surface area contributed by atoms with Gasteiger partial charge in [-0.1, -0.05) is 0 Å². The molecule has 2 rings (SSSR count). The molecule has 1 saturated heterocycles. The SMILES string of the molecule is CC(=O)c1cc([N+](=O)[O-])c(N2C[C@@H](C)O[C@@H](C)C2)s1. The van der Waals surface area contributed by atoms with Gasteiger partial charge < -0.3 is 9.64 Å². The van der Waals surface area contributed by atoms with Gasteiger partial charge >= 0.3 is 5.69 Å².